The maximum absolute atomic E-state index is 5.87. The van der Waals surface area contributed by atoms with E-state index in [1.54, 1.807) is 12.1 Å². The monoisotopic (exact) mass is 186 g/mol. The molecule has 0 aliphatic heterocycles. The van der Waals surface area contributed by atoms with Crippen LogP contribution in [-0.4, -0.2) is 0 Å². The molecule has 58 valence electrons. The predicted octanol–water partition coefficient (Wildman–Crippen LogP) is 4.03. The molecule has 0 spiro atoms. The van der Waals surface area contributed by atoms with Gasteiger partial charge in [-0.1, -0.05) is 29.8 Å². The Morgan fingerprint density at radius 3 is 2.45 bits per heavy atom. The van der Waals surface area contributed by atoms with Crippen LogP contribution in [0.15, 0.2) is 24.8 Å². The number of benzene rings is 1. The summed E-state index contributed by atoms with van der Waals surface area (Å²) in [5, 5.41) is 1.38. The molecule has 1 aromatic rings. The Kier molecular flexibility index (Phi) is 2.58. The lowest BCUT2D eigenvalue weighted by molar-refractivity contribution is 1.58. The van der Waals surface area contributed by atoms with Gasteiger partial charge < -0.3 is 0 Å². The summed E-state index contributed by atoms with van der Waals surface area (Å²) in [6.45, 7) is 5.68. The molecule has 0 nitrogen and oxygen atoms in total. The summed E-state index contributed by atoms with van der Waals surface area (Å²) in [7, 11) is 0. The average Bonchev–Trinajstić information content (AvgIpc) is 1.94. The normalized spacial score (nSPS) is 9.73. The number of allylic oxidation sites excluding steroid dienone is 1. The van der Waals surface area contributed by atoms with Crippen molar-refractivity contribution in [2.24, 2.45) is 0 Å². The standard InChI is InChI=1S/C9H8Cl2/c1-6(2)8-5-7(10)3-4-9(8)11/h3-5H,1H2,2H3. The van der Waals surface area contributed by atoms with Gasteiger partial charge in [-0.3, -0.25) is 0 Å². The molecule has 0 unspecified atom stereocenters. The molecule has 11 heavy (non-hydrogen) atoms. The molecule has 0 amide bonds. The molecule has 0 aromatic heterocycles. The minimum Gasteiger partial charge on any atom is -0.0955 e. The molecule has 1 aromatic carbocycles. The zero-order chi connectivity index (χ0) is 8.43. The van der Waals surface area contributed by atoms with E-state index in [0.717, 1.165) is 11.1 Å². The highest BCUT2D eigenvalue weighted by atomic mass is 35.5. The highest BCUT2D eigenvalue weighted by Crippen LogP contribution is 2.25. The van der Waals surface area contributed by atoms with E-state index in [4.69, 9.17) is 23.2 Å². The van der Waals surface area contributed by atoms with Crippen LogP contribution in [0.25, 0.3) is 5.57 Å². The first-order chi connectivity index (χ1) is 5.11. The lowest BCUT2D eigenvalue weighted by Crippen LogP contribution is -1.79. The highest BCUT2D eigenvalue weighted by Gasteiger charge is 2.00. The van der Waals surface area contributed by atoms with Crippen molar-refractivity contribution in [1.29, 1.82) is 0 Å². The topological polar surface area (TPSA) is 0 Å². The average molecular weight is 187 g/mol. The van der Waals surface area contributed by atoms with Crippen molar-refractivity contribution < 1.29 is 0 Å². The fourth-order valence-corrected chi connectivity index (χ4v) is 1.28. The Morgan fingerprint density at radius 1 is 1.36 bits per heavy atom. The highest BCUT2D eigenvalue weighted by molar-refractivity contribution is 6.34. The van der Waals surface area contributed by atoms with E-state index in [1.807, 2.05) is 13.0 Å². The van der Waals surface area contributed by atoms with E-state index >= 15 is 0 Å². The van der Waals surface area contributed by atoms with Crippen molar-refractivity contribution in [3.05, 3.63) is 40.4 Å². The van der Waals surface area contributed by atoms with Crippen LogP contribution in [0.5, 0.6) is 0 Å². The second-order valence-electron chi connectivity index (χ2n) is 2.40. The van der Waals surface area contributed by atoms with Gasteiger partial charge in [-0.05, 0) is 36.3 Å². The molecule has 0 radical (unpaired) electrons. The van der Waals surface area contributed by atoms with Crippen LogP contribution < -0.4 is 0 Å². The Balaban J connectivity index is 3.23. The summed E-state index contributed by atoms with van der Waals surface area (Å²) in [5.74, 6) is 0. The lowest BCUT2D eigenvalue weighted by atomic mass is 10.1. The van der Waals surface area contributed by atoms with E-state index in [0.29, 0.717) is 10.0 Å². The van der Waals surface area contributed by atoms with Crippen LogP contribution in [0.1, 0.15) is 12.5 Å². The predicted molar refractivity (Wildman–Crippen MR) is 51.2 cm³/mol. The molecule has 1 rings (SSSR count). The number of rotatable bonds is 1. The van der Waals surface area contributed by atoms with Crippen LogP contribution >= 0.6 is 23.2 Å². The summed E-state index contributed by atoms with van der Waals surface area (Å²) < 4.78 is 0. The molecule has 0 saturated carbocycles. The third-order valence-electron chi connectivity index (χ3n) is 1.39. The van der Waals surface area contributed by atoms with Crippen molar-refractivity contribution in [3.8, 4) is 0 Å². The summed E-state index contributed by atoms with van der Waals surface area (Å²) in [6, 6.07) is 5.34. The lowest BCUT2D eigenvalue weighted by Gasteiger charge is -2.02. The quantitative estimate of drug-likeness (QED) is 0.622. The Bertz CT molecular complexity index is 290. The first-order valence-electron chi connectivity index (χ1n) is 3.22. The minimum absolute atomic E-state index is 0.687. The summed E-state index contributed by atoms with van der Waals surface area (Å²) in [5.41, 5.74) is 1.84. The van der Waals surface area contributed by atoms with Crippen LogP contribution in [0.3, 0.4) is 0 Å². The SMILES string of the molecule is C=C(C)c1cc(Cl)ccc1Cl. The van der Waals surface area contributed by atoms with Gasteiger partial charge >= 0.3 is 0 Å². The van der Waals surface area contributed by atoms with Gasteiger partial charge in [0, 0.05) is 10.0 Å². The molecule has 0 fully saturated rings. The maximum Gasteiger partial charge on any atom is 0.0481 e. The Hall–Kier alpha value is -0.460. The number of hydrogen-bond acceptors (Lipinski definition) is 0. The van der Waals surface area contributed by atoms with Gasteiger partial charge in [0.15, 0.2) is 0 Å². The zero-order valence-corrected chi connectivity index (χ0v) is 7.71. The summed E-state index contributed by atoms with van der Waals surface area (Å²) in [6.07, 6.45) is 0. The molecule has 0 aliphatic rings. The second kappa shape index (κ2) is 3.29. The number of halogens is 2. The largest absolute Gasteiger partial charge is 0.0955 e. The third-order valence-corrected chi connectivity index (χ3v) is 1.95. The van der Waals surface area contributed by atoms with Gasteiger partial charge in [0.1, 0.15) is 0 Å². The van der Waals surface area contributed by atoms with Gasteiger partial charge in [-0.2, -0.15) is 0 Å². The van der Waals surface area contributed by atoms with E-state index in [-0.39, 0.29) is 0 Å². The molecule has 0 aliphatic carbocycles. The second-order valence-corrected chi connectivity index (χ2v) is 3.25. The maximum atomic E-state index is 5.87. The molecular formula is C9H8Cl2. The first kappa shape index (κ1) is 8.63. The third kappa shape index (κ3) is 1.98. The van der Waals surface area contributed by atoms with Gasteiger partial charge in [0.25, 0.3) is 0 Å². The summed E-state index contributed by atoms with van der Waals surface area (Å²) in [4.78, 5) is 0. The Morgan fingerprint density at radius 2 is 2.00 bits per heavy atom. The van der Waals surface area contributed by atoms with Gasteiger partial charge in [-0.15, -0.1) is 0 Å². The van der Waals surface area contributed by atoms with Gasteiger partial charge in [0.05, 0.1) is 0 Å². The van der Waals surface area contributed by atoms with E-state index in [9.17, 15) is 0 Å². The smallest absolute Gasteiger partial charge is 0.0481 e. The van der Waals surface area contributed by atoms with Crippen LogP contribution in [-0.2, 0) is 0 Å². The van der Waals surface area contributed by atoms with Crippen LogP contribution in [0.4, 0.5) is 0 Å². The fraction of sp³-hybridized carbons (Fsp3) is 0.111. The minimum atomic E-state index is 0.687. The van der Waals surface area contributed by atoms with Crippen molar-refractivity contribution in [2.75, 3.05) is 0 Å². The van der Waals surface area contributed by atoms with Gasteiger partial charge in [-0.25, -0.2) is 0 Å². The molecule has 0 saturated heterocycles. The molecule has 2 heteroatoms. The van der Waals surface area contributed by atoms with Gasteiger partial charge in [0.2, 0.25) is 0 Å². The first-order valence-corrected chi connectivity index (χ1v) is 3.98. The van der Waals surface area contributed by atoms with Crippen LogP contribution in [0.2, 0.25) is 10.0 Å². The van der Waals surface area contributed by atoms with E-state index in [2.05, 4.69) is 6.58 Å². The molecule has 0 bridgehead atoms. The van der Waals surface area contributed by atoms with Crippen LogP contribution in [0, 0.1) is 0 Å². The molecule has 0 heterocycles. The summed E-state index contributed by atoms with van der Waals surface area (Å²) >= 11 is 11.6. The van der Waals surface area contributed by atoms with Crippen molar-refractivity contribution >= 4 is 28.8 Å². The van der Waals surface area contributed by atoms with E-state index in [1.165, 1.54) is 0 Å². The molecule has 0 N–H and O–H groups in total. The Labute approximate surface area is 76.4 Å². The van der Waals surface area contributed by atoms with E-state index < -0.39 is 0 Å². The van der Waals surface area contributed by atoms with Crippen molar-refractivity contribution in [2.45, 2.75) is 6.92 Å². The zero-order valence-electron chi connectivity index (χ0n) is 6.20. The molecule has 0 atom stereocenters. The van der Waals surface area contributed by atoms with Crippen molar-refractivity contribution in [3.63, 3.8) is 0 Å². The number of hydrogen-bond donors (Lipinski definition) is 0. The van der Waals surface area contributed by atoms with Crippen molar-refractivity contribution in [1.82, 2.24) is 0 Å². The fourth-order valence-electron chi connectivity index (χ4n) is 0.825. The molecular weight excluding hydrogens is 179 g/mol.